The molecule has 0 aliphatic carbocycles. The van der Waals surface area contributed by atoms with Gasteiger partial charge in [0.15, 0.2) is 0 Å². The number of halogens is 2. The summed E-state index contributed by atoms with van der Waals surface area (Å²) in [7, 11) is 0. The highest BCUT2D eigenvalue weighted by Gasteiger charge is 2.31. The molecule has 2 heterocycles. The van der Waals surface area contributed by atoms with Crippen LogP contribution in [-0.4, -0.2) is 17.4 Å². The van der Waals surface area contributed by atoms with Crippen molar-refractivity contribution in [2.24, 2.45) is 0 Å². The number of likely N-dealkylation sites (tertiary alicyclic amines) is 1. The number of nitrogens with zero attached hydrogens (tertiary/aromatic N) is 1. The van der Waals surface area contributed by atoms with Gasteiger partial charge >= 0.3 is 0 Å². The molecule has 2 aromatic rings. The molecule has 1 atom stereocenters. The van der Waals surface area contributed by atoms with E-state index in [2.05, 4.69) is 15.9 Å². The molecule has 1 unspecified atom stereocenters. The number of amides is 1. The normalized spacial score (nSPS) is 18.5. The fourth-order valence-electron chi connectivity index (χ4n) is 2.65. The smallest absolute Gasteiger partial charge is 0.265 e. The third-order valence-corrected chi connectivity index (χ3v) is 5.62. The highest BCUT2D eigenvalue weighted by atomic mass is 79.9. The lowest BCUT2D eigenvalue weighted by molar-refractivity contribution is 0.0740. The van der Waals surface area contributed by atoms with Crippen molar-refractivity contribution in [1.29, 1.82) is 0 Å². The molecule has 1 fully saturated rings. The summed E-state index contributed by atoms with van der Waals surface area (Å²) in [5, 5.41) is 2.65. The minimum atomic E-state index is 0.106. The van der Waals surface area contributed by atoms with Gasteiger partial charge in [0.25, 0.3) is 5.91 Å². The molecular formula is C15H13BrClNOS. The van der Waals surface area contributed by atoms with Crippen LogP contribution in [-0.2, 0) is 0 Å². The minimum Gasteiger partial charge on any atom is -0.331 e. The van der Waals surface area contributed by atoms with Crippen molar-refractivity contribution in [3.05, 3.63) is 55.6 Å². The van der Waals surface area contributed by atoms with E-state index in [0.717, 1.165) is 39.3 Å². The Labute approximate surface area is 135 Å². The second kappa shape index (κ2) is 5.88. The monoisotopic (exact) mass is 369 g/mol. The lowest BCUT2D eigenvalue weighted by Gasteiger charge is -2.25. The van der Waals surface area contributed by atoms with E-state index in [-0.39, 0.29) is 11.9 Å². The zero-order valence-corrected chi connectivity index (χ0v) is 13.8. The second-order valence-electron chi connectivity index (χ2n) is 4.81. The Hall–Kier alpha value is -0.840. The van der Waals surface area contributed by atoms with Crippen LogP contribution in [0.25, 0.3) is 0 Å². The van der Waals surface area contributed by atoms with Crippen LogP contribution >= 0.6 is 38.9 Å². The highest BCUT2D eigenvalue weighted by molar-refractivity contribution is 9.10. The molecular weight excluding hydrogens is 358 g/mol. The molecule has 0 bridgehead atoms. The quantitative estimate of drug-likeness (QED) is 0.716. The van der Waals surface area contributed by atoms with Crippen LogP contribution in [0, 0.1) is 0 Å². The van der Waals surface area contributed by atoms with Crippen molar-refractivity contribution in [2.75, 3.05) is 6.54 Å². The Morgan fingerprint density at radius 1 is 1.40 bits per heavy atom. The van der Waals surface area contributed by atoms with Gasteiger partial charge in [-0.1, -0.05) is 23.7 Å². The summed E-state index contributed by atoms with van der Waals surface area (Å²) in [6.45, 7) is 0.806. The maximum Gasteiger partial charge on any atom is 0.265 e. The molecule has 1 aromatic heterocycles. The van der Waals surface area contributed by atoms with Gasteiger partial charge in [0.1, 0.15) is 4.88 Å². The number of hydrogen-bond acceptors (Lipinski definition) is 2. The predicted octanol–water partition coefficient (Wildman–Crippen LogP) is 5.14. The van der Waals surface area contributed by atoms with Crippen molar-refractivity contribution in [1.82, 2.24) is 4.90 Å². The van der Waals surface area contributed by atoms with E-state index in [4.69, 9.17) is 11.6 Å². The molecule has 1 aliphatic rings. The molecule has 0 saturated carbocycles. The third-order valence-electron chi connectivity index (χ3n) is 3.56. The van der Waals surface area contributed by atoms with Gasteiger partial charge in [0.2, 0.25) is 0 Å². The Bertz CT molecular complexity index is 642. The number of hydrogen-bond donors (Lipinski definition) is 0. The topological polar surface area (TPSA) is 20.3 Å². The molecule has 20 heavy (non-hydrogen) atoms. The lowest BCUT2D eigenvalue weighted by atomic mass is 10.0. The Morgan fingerprint density at radius 3 is 2.95 bits per heavy atom. The van der Waals surface area contributed by atoms with E-state index in [1.165, 1.54) is 11.3 Å². The first-order valence-electron chi connectivity index (χ1n) is 6.46. The third kappa shape index (κ3) is 2.65. The largest absolute Gasteiger partial charge is 0.331 e. The van der Waals surface area contributed by atoms with Gasteiger partial charge in [-0.05, 0) is 57.9 Å². The van der Waals surface area contributed by atoms with Crippen LogP contribution in [0.4, 0.5) is 0 Å². The van der Waals surface area contributed by atoms with Gasteiger partial charge in [-0.2, -0.15) is 0 Å². The van der Waals surface area contributed by atoms with Crippen molar-refractivity contribution >= 4 is 44.8 Å². The van der Waals surface area contributed by atoms with E-state index < -0.39 is 0 Å². The average Bonchev–Trinajstić information content (AvgIpc) is 3.06. The van der Waals surface area contributed by atoms with Crippen LogP contribution in [0.1, 0.15) is 34.1 Å². The molecule has 5 heteroatoms. The van der Waals surface area contributed by atoms with Crippen LogP contribution in [0.15, 0.2) is 40.2 Å². The molecule has 1 amide bonds. The summed E-state index contributed by atoms with van der Waals surface area (Å²) < 4.78 is 0.879. The summed E-state index contributed by atoms with van der Waals surface area (Å²) in [6.07, 6.45) is 2.03. The van der Waals surface area contributed by atoms with Crippen molar-refractivity contribution in [3.8, 4) is 0 Å². The van der Waals surface area contributed by atoms with Gasteiger partial charge in [0, 0.05) is 16.0 Å². The van der Waals surface area contributed by atoms with E-state index in [9.17, 15) is 4.79 Å². The first-order chi connectivity index (χ1) is 9.66. The van der Waals surface area contributed by atoms with Crippen LogP contribution in [0.5, 0.6) is 0 Å². The van der Waals surface area contributed by atoms with Crippen LogP contribution in [0.3, 0.4) is 0 Å². The van der Waals surface area contributed by atoms with Gasteiger partial charge in [-0.15, -0.1) is 11.3 Å². The first-order valence-corrected chi connectivity index (χ1v) is 8.51. The molecule has 0 radical (unpaired) electrons. The number of benzene rings is 1. The fraction of sp³-hybridized carbons (Fsp3) is 0.267. The first kappa shape index (κ1) is 14.1. The van der Waals surface area contributed by atoms with Crippen molar-refractivity contribution in [2.45, 2.75) is 18.9 Å². The minimum absolute atomic E-state index is 0.106. The van der Waals surface area contributed by atoms with E-state index in [1.807, 2.05) is 40.6 Å². The van der Waals surface area contributed by atoms with E-state index in [1.54, 1.807) is 0 Å². The molecule has 0 spiro atoms. The van der Waals surface area contributed by atoms with Gasteiger partial charge < -0.3 is 4.90 Å². The number of thiophene rings is 1. The second-order valence-corrected chi connectivity index (χ2v) is 7.02. The van der Waals surface area contributed by atoms with E-state index in [0.29, 0.717) is 0 Å². The average molecular weight is 371 g/mol. The number of rotatable bonds is 2. The zero-order valence-electron chi connectivity index (χ0n) is 10.7. The summed E-state index contributed by atoms with van der Waals surface area (Å²) >= 11 is 11.0. The number of carbonyl (C=O) groups excluding carboxylic acids is 1. The van der Waals surface area contributed by atoms with Crippen LogP contribution in [0.2, 0.25) is 5.02 Å². The molecule has 104 valence electrons. The summed E-state index contributed by atoms with van der Waals surface area (Å²) in [5.41, 5.74) is 1.12. The molecule has 0 N–H and O–H groups in total. The molecule has 1 saturated heterocycles. The maximum absolute atomic E-state index is 12.7. The van der Waals surface area contributed by atoms with Crippen LogP contribution < -0.4 is 0 Å². The Kier molecular flexibility index (Phi) is 4.15. The van der Waals surface area contributed by atoms with Crippen molar-refractivity contribution < 1.29 is 4.79 Å². The van der Waals surface area contributed by atoms with Gasteiger partial charge in [-0.3, -0.25) is 4.79 Å². The summed E-state index contributed by atoms with van der Waals surface area (Å²) in [6, 6.07) is 9.87. The summed E-state index contributed by atoms with van der Waals surface area (Å²) in [4.78, 5) is 15.4. The molecule has 3 rings (SSSR count). The lowest BCUT2D eigenvalue weighted by Crippen LogP contribution is -2.30. The Balaban J connectivity index is 1.90. The maximum atomic E-state index is 12.7. The molecule has 1 aliphatic heterocycles. The van der Waals surface area contributed by atoms with Crippen molar-refractivity contribution in [3.63, 3.8) is 0 Å². The zero-order chi connectivity index (χ0) is 14.1. The number of carbonyl (C=O) groups is 1. The molecule has 1 aromatic carbocycles. The summed E-state index contributed by atoms with van der Waals surface area (Å²) in [5.74, 6) is 0.106. The van der Waals surface area contributed by atoms with Gasteiger partial charge in [0.05, 0.1) is 6.04 Å². The Morgan fingerprint density at radius 2 is 2.25 bits per heavy atom. The van der Waals surface area contributed by atoms with Gasteiger partial charge in [-0.25, -0.2) is 0 Å². The SMILES string of the molecule is O=C(c1sccc1Br)N1CCCC1c1cccc(Cl)c1. The standard InChI is InChI=1S/C15H13BrClNOS/c16-12-6-8-20-14(12)15(19)18-7-2-5-13(18)10-3-1-4-11(17)9-10/h1,3-4,6,8-9,13H,2,5,7H2. The van der Waals surface area contributed by atoms with E-state index >= 15 is 0 Å². The highest BCUT2D eigenvalue weighted by Crippen LogP contribution is 2.36. The molecule has 2 nitrogen and oxygen atoms in total. The fourth-order valence-corrected chi connectivity index (χ4v) is 4.34. The predicted molar refractivity (Wildman–Crippen MR) is 86.5 cm³/mol.